The van der Waals surface area contributed by atoms with Gasteiger partial charge in [-0.2, -0.15) is 5.10 Å². The molecule has 2 unspecified atom stereocenters. The van der Waals surface area contributed by atoms with Crippen molar-refractivity contribution in [3.05, 3.63) is 68.5 Å². The minimum atomic E-state index is -0.306. The zero-order chi connectivity index (χ0) is 18.8. The van der Waals surface area contributed by atoms with Crippen molar-refractivity contribution >= 4 is 61.1 Å². The van der Waals surface area contributed by atoms with Crippen LogP contribution in [-0.2, 0) is 0 Å². The number of hydrazine groups is 1. The summed E-state index contributed by atoms with van der Waals surface area (Å²) in [7, 11) is 0. The Morgan fingerprint density at radius 1 is 1.26 bits per heavy atom. The lowest BCUT2D eigenvalue weighted by atomic mass is 9.96. The molecule has 1 aliphatic heterocycles. The van der Waals surface area contributed by atoms with E-state index in [0.717, 1.165) is 21.1 Å². The monoisotopic (exact) mass is 462 g/mol. The average molecular weight is 464 g/mol. The molecule has 2 heterocycles. The molecule has 3 aromatic rings. The lowest BCUT2D eigenvalue weighted by Crippen LogP contribution is -2.25. The highest BCUT2D eigenvalue weighted by molar-refractivity contribution is 9.10. The highest BCUT2D eigenvalue weighted by Gasteiger charge is 2.26. The van der Waals surface area contributed by atoms with Gasteiger partial charge in [0.15, 0.2) is 0 Å². The molecule has 1 amide bonds. The molecule has 8 heteroatoms. The van der Waals surface area contributed by atoms with E-state index in [9.17, 15) is 4.79 Å². The van der Waals surface area contributed by atoms with Crippen LogP contribution in [0.15, 0.2) is 58.1 Å². The van der Waals surface area contributed by atoms with Gasteiger partial charge in [-0.15, -0.1) is 11.3 Å². The zero-order valence-electron chi connectivity index (χ0n) is 14.1. The van der Waals surface area contributed by atoms with Crippen molar-refractivity contribution in [3.63, 3.8) is 0 Å². The molecule has 2 atom stereocenters. The third-order valence-corrected chi connectivity index (χ3v) is 6.73. The number of rotatable bonds is 4. The topological polar surface area (TPSA) is 65.5 Å². The maximum atomic E-state index is 12.5. The Bertz CT molecular complexity index is 1010. The number of hydrogen-bond donors (Lipinski definition) is 3. The van der Waals surface area contributed by atoms with Crippen LogP contribution in [0.25, 0.3) is 10.1 Å². The average Bonchev–Trinajstić information content (AvgIpc) is 3.28. The van der Waals surface area contributed by atoms with Crippen LogP contribution in [0.1, 0.15) is 21.3 Å². The molecule has 138 valence electrons. The lowest BCUT2D eigenvalue weighted by Gasteiger charge is -2.14. The van der Waals surface area contributed by atoms with Gasteiger partial charge in [0.05, 0.1) is 11.1 Å². The Balaban J connectivity index is 1.48. The number of thiophene rings is 1. The van der Waals surface area contributed by atoms with E-state index in [-0.39, 0.29) is 17.9 Å². The zero-order valence-corrected chi connectivity index (χ0v) is 17.2. The van der Waals surface area contributed by atoms with E-state index in [2.05, 4.69) is 49.4 Å². The molecule has 4 rings (SSSR count). The fraction of sp³-hybridized carbons (Fsp3) is 0.158. The second-order valence-electron chi connectivity index (χ2n) is 6.15. The van der Waals surface area contributed by atoms with Crippen molar-refractivity contribution in [1.82, 2.24) is 16.3 Å². The van der Waals surface area contributed by atoms with Gasteiger partial charge in [-0.05, 0) is 17.7 Å². The molecular weight excluding hydrogens is 448 g/mol. The summed E-state index contributed by atoms with van der Waals surface area (Å²) in [5.74, 6) is -0.181. The molecule has 0 aliphatic carbocycles. The molecule has 5 nitrogen and oxygen atoms in total. The predicted octanol–water partition coefficient (Wildman–Crippen LogP) is 4.50. The van der Waals surface area contributed by atoms with E-state index in [1.807, 2.05) is 36.4 Å². The van der Waals surface area contributed by atoms with E-state index in [0.29, 0.717) is 9.90 Å². The molecule has 0 spiro atoms. The van der Waals surface area contributed by atoms with Gasteiger partial charge in [0, 0.05) is 33.2 Å². The van der Waals surface area contributed by atoms with Crippen LogP contribution in [0.3, 0.4) is 0 Å². The molecular formula is C19H16BrClN4OS. The van der Waals surface area contributed by atoms with Gasteiger partial charge < -0.3 is 0 Å². The molecule has 0 bridgehead atoms. The van der Waals surface area contributed by atoms with Crippen molar-refractivity contribution in [2.24, 2.45) is 11.0 Å². The van der Waals surface area contributed by atoms with Gasteiger partial charge in [0.25, 0.3) is 5.91 Å². The van der Waals surface area contributed by atoms with Gasteiger partial charge in [-0.1, -0.05) is 63.9 Å². The molecule has 0 radical (unpaired) electrons. The normalized spacial score (nSPS) is 19.8. The Morgan fingerprint density at radius 3 is 2.85 bits per heavy atom. The van der Waals surface area contributed by atoms with Crippen molar-refractivity contribution < 1.29 is 4.79 Å². The number of carbonyl (C=O) groups excluding carboxylic acids is 1. The number of nitrogens with zero attached hydrogens (tertiary/aromatic N) is 1. The van der Waals surface area contributed by atoms with Gasteiger partial charge in [0.2, 0.25) is 0 Å². The number of hydrogen-bond acceptors (Lipinski definition) is 5. The molecule has 2 aromatic carbocycles. The first-order valence-electron chi connectivity index (χ1n) is 8.38. The second kappa shape index (κ2) is 8.08. The van der Waals surface area contributed by atoms with E-state index in [1.54, 1.807) is 6.21 Å². The largest absolute Gasteiger partial charge is 0.282 e. The molecule has 27 heavy (non-hydrogen) atoms. The number of fused-ring (bicyclic) bond motifs is 1. The summed E-state index contributed by atoms with van der Waals surface area (Å²) >= 11 is 11.3. The molecule has 1 aliphatic rings. The van der Waals surface area contributed by atoms with Gasteiger partial charge in [0.1, 0.15) is 4.88 Å². The summed E-state index contributed by atoms with van der Waals surface area (Å²) in [5.41, 5.74) is 10.2. The van der Waals surface area contributed by atoms with Crippen LogP contribution >= 0.6 is 38.9 Å². The summed E-state index contributed by atoms with van der Waals surface area (Å²) in [6, 6.07) is 16.0. The van der Waals surface area contributed by atoms with Crippen molar-refractivity contribution in [3.8, 4) is 0 Å². The lowest BCUT2D eigenvalue weighted by molar-refractivity contribution is 0.0959. The Labute approximate surface area is 173 Å². The summed E-state index contributed by atoms with van der Waals surface area (Å²) in [6.45, 7) is 0.732. The Kier molecular flexibility index (Phi) is 5.56. The minimum absolute atomic E-state index is 0.107. The number of benzene rings is 2. The number of amides is 1. The maximum absolute atomic E-state index is 12.5. The van der Waals surface area contributed by atoms with Crippen LogP contribution in [0.5, 0.6) is 0 Å². The van der Waals surface area contributed by atoms with Gasteiger partial charge in [-0.25, -0.2) is 10.9 Å². The quantitative estimate of drug-likeness (QED) is 0.394. The van der Waals surface area contributed by atoms with Crippen LogP contribution in [0.2, 0.25) is 5.02 Å². The van der Waals surface area contributed by atoms with Gasteiger partial charge >= 0.3 is 0 Å². The third-order valence-electron chi connectivity index (χ3n) is 4.43. The summed E-state index contributed by atoms with van der Waals surface area (Å²) in [6.07, 6.45) is 1.76. The molecule has 1 saturated heterocycles. The number of halogens is 2. The van der Waals surface area contributed by atoms with E-state index < -0.39 is 0 Å². The second-order valence-corrected chi connectivity index (χ2v) is 8.44. The van der Waals surface area contributed by atoms with E-state index in [4.69, 9.17) is 11.6 Å². The fourth-order valence-electron chi connectivity index (χ4n) is 3.10. The summed E-state index contributed by atoms with van der Waals surface area (Å²) in [5, 5.41) is 5.47. The van der Waals surface area contributed by atoms with Gasteiger partial charge in [-0.3, -0.25) is 10.2 Å². The molecule has 1 aromatic heterocycles. The maximum Gasteiger partial charge on any atom is 0.282 e. The molecule has 3 N–H and O–H groups in total. The number of carbonyl (C=O) groups is 1. The Hall–Kier alpha value is -1.77. The third kappa shape index (κ3) is 3.79. The molecule has 0 saturated carbocycles. The van der Waals surface area contributed by atoms with Crippen LogP contribution in [0, 0.1) is 5.92 Å². The predicted molar refractivity (Wildman–Crippen MR) is 114 cm³/mol. The summed E-state index contributed by atoms with van der Waals surface area (Å²) < 4.78 is 1.83. The molecule has 1 fully saturated rings. The van der Waals surface area contributed by atoms with Crippen molar-refractivity contribution in [1.29, 1.82) is 0 Å². The fourth-order valence-corrected chi connectivity index (χ4v) is 5.38. The Morgan fingerprint density at radius 2 is 2.07 bits per heavy atom. The smallest absolute Gasteiger partial charge is 0.266 e. The standard InChI is InChI=1S/C19H16BrClN4OS/c20-13-7-4-8-14-15(13)16(21)18(27-14)19(26)25-23-10-12-9-22-24-17(12)11-5-2-1-3-6-11/h1-8,10,12,17,22,24H,9H2,(H,25,26)/b23-10+. The highest BCUT2D eigenvalue weighted by Crippen LogP contribution is 2.39. The van der Waals surface area contributed by atoms with E-state index in [1.165, 1.54) is 16.9 Å². The minimum Gasteiger partial charge on any atom is -0.266 e. The highest BCUT2D eigenvalue weighted by atomic mass is 79.9. The van der Waals surface area contributed by atoms with Crippen molar-refractivity contribution in [2.45, 2.75) is 6.04 Å². The first kappa shape index (κ1) is 18.6. The SMILES string of the molecule is O=C(N/N=C/C1CNNC1c1ccccc1)c1sc2cccc(Br)c2c1Cl. The van der Waals surface area contributed by atoms with Crippen LogP contribution in [0.4, 0.5) is 0 Å². The first-order chi connectivity index (χ1) is 13.1. The van der Waals surface area contributed by atoms with Crippen LogP contribution in [-0.4, -0.2) is 18.7 Å². The number of nitrogens with one attached hydrogen (secondary N) is 3. The summed E-state index contributed by atoms with van der Waals surface area (Å²) in [4.78, 5) is 13.0. The van der Waals surface area contributed by atoms with Crippen molar-refractivity contribution in [2.75, 3.05) is 6.54 Å². The van der Waals surface area contributed by atoms with E-state index >= 15 is 0 Å². The van der Waals surface area contributed by atoms with Crippen LogP contribution < -0.4 is 16.3 Å². The first-order valence-corrected chi connectivity index (χ1v) is 10.4. The number of hydrazone groups is 1.